The Morgan fingerprint density at radius 3 is 2.40 bits per heavy atom. The Bertz CT molecular complexity index is 1740. The summed E-state index contributed by atoms with van der Waals surface area (Å²) in [6.45, 7) is 3.46. The van der Waals surface area contributed by atoms with E-state index < -0.39 is 29.5 Å². The second kappa shape index (κ2) is 11.2. The molecule has 0 spiro atoms. The average molecular weight is 617 g/mol. The molecule has 7 atom stereocenters. The summed E-state index contributed by atoms with van der Waals surface area (Å²) in [5.41, 5.74) is 0.0173. The maximum absolute atomic E-state index is 12.4. The third-order valence-electron chi connectivity index (χ3n) is 11.6. The first-order valence-corrected chi connectivity index (χ1v) is 15.6. The molecule has 45 heavy (non-hydrogen) atoms. The van der Waals surface area contributed by atoms with Crippen LogP contribution in [0.25, 0.3) is 22.1 Å². The minimum Gasteiger partial charge on any atom is -0.508 e. The maximum atomic E-state index is 12.4. The molecule has 9 heteroatoms. The Morgan fingerprint density at radius 2 is 1.69 bits per heavy atom. The van der Waals surface area contributed by atoms with Gasteiger partial charge in [-0.2, -0.15) is 0 Å². The number of rotatable bonds is 3. The Morgan fingerprint density at radius 1 is 0.978 bits per heavy atom. The molecule has 4 aliphatic rings. The maximum Gasteiger partial charge on any atom is 0.200 e. The second-order valence-corrected chi connectivity index (χ2v) is 13.8. The Labute approximate surface area is 260 Å². The number of fused-ring (bicyclic) bond motifs is 6. The van der Waals surface area contributed by atoms with Crippen molar-refractivity contribution in [3.63, 3.8) is 0 Å². The molecule has 3 aromatic rings. The van der Waals surface area contributed by atoms with E-state index >= 15 is 0 Å². The van der Waals surface area contributed by atoms with Crippen molar-refractivity contribution in [2.75, 3.05) is 6.61 Å². The quantitative estimate of drug-likeness (QED) is 0.282. The molecule has 7 rings (SSSR count). The Balaban J connectivity index is 0.000000167. The summed E-state index contributed by atoms with van der Waals surface area (Å²) in [7, 11) is 0. The van der Waals surface area contributed by atoms with Crippen LogP contribution in [0, 0.1) is 28.6 Å². The third kappa shape index (κ3) is 4.92. The lowest BCUT2D eigenvalue weighted by molar-refractivity contribution is -0.182. The van der Waals surface area contributed by atoms with Crippen molar-refractivity contribution in [3.8, 4) is 22.6 Å². The van der Waals surface area contributed by atoms with Crippen LogP contribution in [-0.2, 0) is 9.59 Å². The van der Waals surface area contributed by atoms with Gasteiger partial charge in [0.25, 0.3) is 0 Å². The third-order valence-corrected chi connectivity index (χ3v) is 11.6. The first-order chi connectivity index (χ1) is 21.3. The molecule has 9 nitrogen and oxygen atoms in total. The highest BCUT2D eigenvalue weighted by Gasteiger charge is 2.68. The molecule has 0 saturated heterocycles. The second-order valence-electron chi connectivity index (χ2n) is 13.8. The molecule has 4 aliphatic carbocycles. The standard InChI is InChI=1S/C21H30O5.C15H10O4/c1-19-7-5-13(23)9-12(19)3-4-14-15-6-8-21(26,17(25)11-22)20(15,2)10-16(24)18(14)19;16-10-3-1-9(2-4-10)13-8-19-14-7-11(17)5-6-12(14)15(13)18/h9,14-16,18,22,24,26H,3-8,10-11H2,1-2H3;1-8,16-17H/t14-,15-,16-,18+,19-,20-,21-;/m0./s1. The molecule has 1 heterocycles. The molecule has 0 amide bonds. The number of carbonyl (C=O) groups is 2. The number of aliphatic hydroxyl groups is 3. The number of aliphatic hydroxyl groups excluding tert-OH is 2. The largest absolute Gasteiger partial charge is 0.508 e. The van der Waals surface area contributed by atoms with E-state index in [4.69, 9.17) is 4.42 Å². The zero-order valence-corrected chi connectivity index (χ0v) is 25.5. The SMILES string of the molecule is C[C@]12CCC(=O)C=C1CC[C@@H]1[C@@H]2[C@@H](O)C[C@@]2(C)[C@H]1CC[C@]2(O)C(=O)CO.O=c1c(-c2ccc(O)cc2)coc2cc(O)ccc12. The van der Waals surface area contributed by atoms with Crippen molar-refractivity contribution in [2.24, 2.45) is 28.6 Å². The van der Waals surface area contributed by atoms with Gasteiger partial charge in [-0.3, -0.25) is 14.4 Å². The first kappa shape index (κ1) is 31.2. The van der Waals surface area contributed by atoms with Gasteiger partial charge in [-0.05, 0) is 97.6 Å². The van der Waals surface area contributed by atoms with Gasteiger partial charge in [0.2, 0.25) is 0 Å². The number of aromatic hydroxyl groups is 2. The smallest absolute Gasteiger partial charge is 0.200 e. The molecule has 5 N–H and O–H groups in total. The fourth-order valence-corrected chi connectivity index (χ4v) is 9.24. The summed E-state index contributed by atoms with van der Waals surface area (Å²) >= 11 is 0. The summed E-state index contributed by atoms with van der Waals surface area (Å²) in [6, 6.07) is 10.7. The summed E-state index contributed by atoms with van der Waals surface area (Å²) in [5.74, 6) is 0.327. The molecule has 3 fully saturated rings. The van der Waals surface area contributed by atoms with Crippen LogP contribution < -0.4 is 5.43 Å². The van der Waals surface area contributed by atoms with Gasteiger partial charge in [0.05, 0.1) is 17.1 Å². The van der Waals surface area contributed by atoms with Gasteiger partial charge in [-0.1, -0.05) is 31.6 Å². The topological polar surface area (TPSA) is 165 Å². The zero-order chi connectivity index (χ0) is 32.3. The lowest BCUT2D eigenvalue weighted by atomic mass is 9.45. The highest BCUT2D eigenvalue weighted by Crippen LogP contribution is 2.67. The van der Waals surface area contributed by atoms with Gasteiger partial charge in [0.1, 0.15) is 35.6 Å². The number of carbonyl (C=O) groups excluding carboxylic acids is 2. The van der Waals surface area contributed by atoms with E-state index in [0.717, 1.165) is 25.7 Å². The van der Waals surface area contributed by atoms with Crippen LogP contribution in [0.15, 0.2) is 69.6 Å². The normalized spacial score (nSPS) is 33.7. The predicted molar refractivity (Wildman–Crippen MR) is 166 cm³/mol. The highest BCUT2D eigenvalue weighted by molar-refractivity contribution is 5.92. The number of ketones is 2. The van der Waals surface area contributed by atoms with Crippen LogP contribution in [0.2, 0.25) is 0 Å². The molecular weight excluding hydrogens is 576 g/mol. The van der Waals surface area contributed by atoms with Crippen molar-refractivity contribution < 1.29 is 39.5 Å². The number of benzene rings is 2. The van der Waals surface area contributed by atoms with E-state index in [9.17, 15) is 39.9 Å². The first-order valence-electron chi connectivity index (χ1n) is 15.6. The van der Waals surface area contributed by atoms with Crippen molar-refractivity contribution in [1.82, 2.24) is 0 Å². The van der Waals surface area contributed by atoms with E-state index in [1.807, 2.05) is 6.92 Å². The van der Waals surface area contributed by atoms with Crippen LogP contribution in [0.4, 0.5) is 0 Å². The number of phenolic OH excluding ortho intramolecular Hbond substituents is 2. The van der Waals surface area contributed by atoms with Crippen LogP contribution >= 0.6 is 0 Å². The monoisotopic (exact) mass is 616 g/mol. The summed E-state index contributed by atoms with van der Waals surface area (Å²) in [5, 5.41) is 50.7. The summed E-state index contributed by atoms with van der Waals surface area (Å²) in [6.07, 6.45) is 7.09. The van der Waals surface area contributed by atoms with Crippen molar-refractivity contribution in [2.45, 2.75) is 70.5 Å². The lowest BCUT2D eigenvalue weighted by Crippen LogP contribution is -2.62. The van der Waals surface area contributed by atoms with Gasteiger partial charge in [-0.25, -0.2) is 0 Å². The van der Waals surface area contributed by atoms with E-state index in [0.29, 0.717) is 41.4 Å². The van der Waals surface area contributed by atoms with Gasteiger partial charge in [0.15, 0.2) is 17.0 Å². The number of Topliss-reactive ketones (excluding diaryl/α,β-unsaturated/α-hetero) is 1. The molecule has 0 bridgehead atoms. The van der Waals surface area contributed by atoms with Crippen LogP contribution in [0.1, 0.15) is 58.8 Å². The number of hydrogen-bond acceptors (Lipinski definition) is 9. The highest BCUT2D eigenvalue weighted by atomic mass is 16.3. The van der Waals surface area contributed by atoms with Crippen molar-refractivity contribution in [3.05, 3.63) is 70.6 Å². The predicted octanol–water partition coefficient (Wildman–Crippen LogP) is 4.65. The van der Waals surface area contributed by atoms with E-state index in [1.54, 1.807) is 18.2 Å². The molecule has 3 saturated carbocycles. The Hall–Kier alpha value is -3.79. The Kier molecular flexibility index (Phi) is 7.78. The number of phenols is 2. The van der Waals surface area contributed by atoms with Crippen molar-refractivity contribution in [1.29, 1.82) is 0 Å². The van der Waals surface area contributed by atoms with Gasteiger partial charge < -0.3 is 29.9 Å². The zero-order valence-electron chi connectivity index (χ0n) is 25.5. The fourth-order valence-electron chi connectivity index (χ4n) is 9.24. The number of allylic oxidation sites excluding steroid dienone is 1. The molecule has 1 aromatic heterocycles. The molecule has 2 aromatic carbocycles. The molecule has 0 aliphatic heterocycles. The minimum absolute atomic E-state index is 0.0491. The summed E-state index contributed by atoms with van der Waals surface area (Å²) in [4.78, 5) is 36.6. The molecular formula is C36H40O9. The average Bonchev–Trinajstić information content (AvgIpc) is 3.28. The van der Waals surface area contributed by atoms with Gasteiger partial charge in [-0.15, -0.1) is 0 Å². The number of hydrogen-bond donors (Lipinski definition) is 5. The lowest BCUT2D eigenvalue weighted by Gasteiger charge is -2.60. The van der Waals surface area contributed by atoms with Gasteiger partial charge in [0, 0.05) is 17.9 Å². The van der Waals surface area contributed by atoms with Crippen LogP contribution in [0.3, 0.4) is 0 Å². The minimum atomic E-state index is -1.54. The summed E-state index contributed by atoms with van der Waals surface area (Å²) < 4.78 is 5.37. The van der Waals surface area contributed by atoms with Crippen molar-refractivity contribution >= 4 is 22.5 Å². The van der Waals surface area contributed by atoms with E-state index in [2.05, 4.69) is 6.92 Å². The molecule has 238 valence electrons. The van der Waals surface area contributed by atoms with E-state index in [-0.39, 0.29) is 45.9 Å². The molecule has 0 radical (unpaired) electrons. The fraction of sp³-hybridized carbons (Fsp3) is 0.472. The molecule has 0 unspecified atom stereocenters. The van der Waals surface area contributed by atoms with Crippen LogP contribution in [-0.4, -0.2) is 55.4 Å². The van der Waals surface area contributed by atoms with Gasteiger partial charge >= 0.3 is 0 Å². The van der Waals surface area contributed by atoms with E-state index in [1.165, 1.54) is 42.2 Å². The van der Waals surface area contributed by atoms with Crippen LogP contribution in [0.5, 0.6) is 11.5 Å².